The maximum Gasteiger partial charge on any atom is 0.407 e. The predicted octanol–water partition coefficient (Wildman–Crippen LogP) is 8.20. The van der Waals surface area contributed by atoms with E-state index in [1.807, 2.05) is 0 Å². The highest BCUT2D eigenvalue weighted by Gasteiger charge is 2.47. The van der Waals surface area contributed by atoms with Gasteiger partial charge in [-0.05, 0) is 127 Å². The van der Waals surface area contributed by atoms with Gasteiger partial charge in [0.15, 0.2) is 0 Å². The number of hydrogen-bond donors (Lipinski definition) is 2. The number of nitrogens with zero attached hydrogens (tertiary/aromatic N) is 1. The summed E-state index contributed by atoms with van der Waals surface area (Å²) in [7, 11) is 1.74. The molecule has 1 aliphatic heterocycles. The van der Waals surface area contributed by atoms with Crippen molar-refractivity contribution in [2.75, 3.05) is 32.3 Å². The second kappa shape index (κ2) is 18.6. The molecule has 53 heavy (non-hydrogen) atoms. The number of fused-ring (bicyclic) bond motifs is 1. The quantitative estimate of drug-likeness (QED) is 0.146. The molecule has 2 heterocycles. The first-order valence-electron chi connectivity index (χ1n) is 19.8. The average molecular weight is 742 g/mol. The zero-order chi connectivity index (χ0) is 38.1. The van der Waals surface area contributed by atoms with Gasteiger partial charge in [0, 0.05) is 30.6 Å². The van der Waals surface area contributed by atoms with Crippen molar-refractivity contribution in [1.82, 2.24) is 10.2 Å². The third-order valence-corrected chi connectivity index (χ3v) is 11.4. The van der Waals surface area contributed by atoms with E-state index in [4.69, 9.17) is 18.6 Å². The number of carbonyl (C=O) groups excluding carboxylic acids is 4. The Balaban J connectivity index is 1.26. The molecule has 0 unspecified atom stereocenters. The van der Waals surface area contributed by atoms with Crippen LogP contribution in [0.15, 0.2) is 28.7 Å². The number of hydrogen-bond acceptors (Lipinski definition) is 8. The number of unbranched alkanes of at least 4 members (excludes halogenated alkanes) is 3. The standard InChI is InChI=1S/C41H60FN3O8/c1-6-7-8-9-22-51-39(48)35-24-29-23-30(16-19-34(29)52-35)43-37(46)36-32(26-14-17-31(50-5)18-15-26)20-21-45(36)38(47)28-12-10-27(11-13-28)33(25-42)44-40(49)53-41(2,3)4/h16,19,23-24,26-28,31-33,36H,6-15,17-18,20-22,25H2,1-5H3,(H,43,46)(H,44,49)/t26-,27-,28-,31-,32-,33+,36-/m0/s1. The first kappa shape index (κ1) is 40.5. The topological polar surface area (TPSA) is 136 Å². The number of furan rings is 1. The SMILES string of the molecule is CCCCCCOC(=O)c1cc2cc(NC(=O)[C@@H]3[C@H]([C@H]4CC[C@H](OC)CC4)CCN3C(=O)[C@H]3CC[C@H]([C@@H](CF)NC(=O)OC(C)(C)C)CC3)ccc2o1. The summed E-state index contributed by atoms with van der Waals surface area (Å²) in [6, 6.07) is 5.58. The average Bonchev–Trinajstić information content (AvgIpc) is 3.78. The van der Waals surface area contributed by atoms with Crippen molar-refractivity contribution in [3.63, 3.8) is 0 Å². The summed E-state index contributed by atoms with van der Waals surface area (Å²) in [5, 5.41) is 6.46. The van der Waals surface area contributed by atoms with Crippen LogP contribution in [-0.4, -0.2) is 79.5 Å². The van der Waals surface area contributed by atoms with Gasteiger partial charge < -0.3 is 34.2 Å². The fourth-order valence-electron chi connectivity index (χ4n) is 8.59. The van der Waals surface area contributed by atoms with Crippen LogP contribution < -0.4 is 10.6 Å². The highest BCUT2D eigenvalue weighted by Crippen LogP contribution is 2.42. The van der Waals surface area contributed by atoms with Crippen LogP contribution in [0.4, 0.5) is 14.9 Å². The summed E-state index contributed by atoms with van der Waals surface area (Å²) in [5.74, 6) is -0.731. The Hall–Kier alpha value is -3.67. The highest BCUT2D eigenvalue weighted by atomic mass is 19.1. The molecule has 3 fully saturated rings. The van der Waals surface area contributed by atoms with Crippen LogP contribution in [0.5, 0.6) is 0 Å². The predicted molar refractivity (Wildman–Crippen MR) is 200 cm³/mol. The number of anilines is 1. The van der Waals surface area contributed by atoms with Crippen LogP contribution in [-0.2, 0) is 23.8 Å². The number of amides is 3. The molecule has 2 saturated carbocycles. The van der Waals surface area contributed by atoms with E-state index in [0.29, 0.717) is 61.4 Å². The maximum atomic E-state index is 14.3. The Morgan fingerprint density at radius 2 is 1.70 bits per heavy atom. The lowest BCUT2D eigenvalue weighted by Gasteiger charge is -2.38. The zero-order valence-corrected chi connectivity index (χ0v) is 32.3. The molecule has 5 rings (SSSR count). The van der Waals surface area contributed by atoms with Gasteiger partial charge in [0.1, 0.15) is 23.9 Å². The third-order valence-electron chi connectivity index (χ3n) is 11.4. The number of carbonyl (C=O) groups is 4. The summed E-state index contributed by atoms with van der Waals surface area (Å²) in [6.45, 7) is 7.55. The number of alkyl carbamates (subject to hydrolysis) is 1. The zero-order valence-electron chi connectivity index (χ0n) is 32.3. The Kier molecular flexibility index (Phi) is 14.2. The minimum absolute atomic E-state index is 0.0124. The van der Waals surface area contributed by atoms with Gasteiger partial charge in [-0.15, -0.1) is 0 Å². The second-order valence-corrected chi connectivity index (χ2v) is 16.3. The number of benzene rings is 1. The fraction of sp³-hybridized carbons (Fsp3) is 0.707. The van der Waals surface area contributed by atoms with Gasteiger partial charge in [0.25, 0.3) is 0 Å². The summed E-state index contributed by atoms with van der Waals surface area (Å²) in [6.07, 6.45) is 10.4. The first-order valence-corrected chi connectivity index (χ1v) is 19.8. The number of methoxy groups -OCH3 is 1. The van der Waals surface area contributed by atoms with Crippen LogP contribution in [0.3, 0.4) is 0 Å². The molecular weight excluding hydrogens is 681 g/mol. The molecule has 0 bridgehead atoms. The van der Waals surface area contributed by atoms with Crippen LogP contribution in [0.2, 0.25) is 0 Å². The van der Waals surface area contributed by atoms with Gasteiger partial charge in [0.2, 0.25) is 17.6 Å². The molecule has 3 atom stereocenters. The number of ether oxygens (including phenoxy) is 3. The molecule has 294 valence electrons. The van der Waals surface area contributed by atoms with Crippen molar-refractivity contribution in [2.24, 2.45) is 23.7 Å². The normalized spacial score (nSPS) is 25.5. The van der Waals surface area contributed by atoms with E-state index in [2.05, 4.69) is 17.6 Å². The van der Waals surface area contributed by atoms with Crippen molar-refractivity contribution in [3.05, 3.63) is 30.0 Å². The molecule has 11 nitrogen and oxygen atoms in total. The molecule has 2 N–H and O–H groups in total. The molecule has 1 aromatic heterocycles. The molecule has 3 aliphatic rings. The Labute approximate surface area is 313 Å². The van der Waals surface area contributed by atoms with Gasteiger partial charge in [-0.3, -0.25) is 9.59 Å². The van der Waals surface area contributed by atoms with Crippen molar-refractivity contribution in [1.29, 1.82) is 0 Å². The summed E-state index contributed by atoms with van der Waals surface area (Å²) < 4.78 is 36.2. The van der Waals surface area contributed by atoms with Crippen LogP contribution in [0.1, 0.15) is 122 Å². The van der Waals surface area contributed by atoms with Crippen molar-refractivity contribution in [3.8, 4) is 0 Å². The van der Waals surface area contributed by atoms with Crippen molar-refractivity contribution >= 4 is 40.5 Å². The number of esters is 1. The monoisotopic (exact) mass is 741 g/mol. The van der Waals surface area contributed by atoms with Crippen molar-refractivity contribution < 1.29 is 42.2 Å². The second-order valence-electron chi connectivity index (χ2n) is 16.3. The van der Waals surface area contributed by atoms with E-state index in [1.165, 1.54) is 0 Å². The minimum Gasteiger partial charge on any atom is -0.460 e. The number of alkyl halides is 1. The Morgan fingerprint density at radius 3 is 2.36 bits per heavy atom. The van der Waals surface area contributed by atoms with Gasteiger partial charge in [-0.25, -0.2) is 14.0 Å². The lowest BCUT2D eigenvalue weighted by atomic mass is 9.75. The molecule has 3 amide bonds. The van der Waals surface area contributed by atoms with E-state index in [0.717, 1.165) is 57.8 Å². The fourth-order valence-corrected chi connectivity index (χ4v) is 8.59. The number of nitrogens with one attached hydrogen (secondary N) is 2. The molecule has 0 radical (unpaired) electrons. The van der Waals surface area contributed by atoms with Gasteiger partial charge in [-0.2, -0.15) is 0 Å². The molecule has 1 saturated heterocycles. The Bertz CT molecular complexity index is 1540. The highest BCUT2D eigenvalue weighted by molar-refractivity contribution is 6.00. The molecular formula is C41H60FN3O8. The van der Waals surface area contributed by atoms with Crippen LogP contribution >= 0.6 is 0 Å². The van der Waals surface area contributed by atoms with Gasteiger partial charge >= 0.3 is 12.1 Å². The van der Waals surface area contributed by atoms with E-state index >= 15 is 0 Å². The molecule has 2 aliphatic carbocycles. The van der Waals surface area contributed by atoms with Gasteiger partial charge in [0.05, 0.1) is 18.8 Å². The van der Waals surface area contributed by atoms with Gasteiger partial charge in [-0.1, -0.05) is 26.2 Å². The number of likely N-dealkylation sites (tertiary alicyclic amines) is 1. The van der Waals surface area contributed by atoms with E-state index in [-0.39, 0.29) is 41.4 Å². The Morgan fingerprint density at radius 1 is 0.962 bits per heavy atom. The number of rotatable bonds is 14. The summed E-state index contributed by atoms with van der Waals surface area (Å²) in [5.41, 5.74) is 0.380. The summed E-state index contributed by atoms with van der Waals surface area (Å²) >= 11 is 0. The lowest BCUT2D eigenvalue weighted by molar-refractivity contribution is -0.142. The first-order chi connectivity index (χ1) is 25.4. The molecule has 0 spiro atoms. The van der Waals surface area contributed by atoms with E-state index < -0.39 is 36.4 Å². The van der Waals surface area contributed by atoms with Crippen molar-refractivity contribution in [2.45, 2.75) is 135 Å². The molecule has 1 aromatic carbocycles. The molecule has 12 heteroatoms. The maximum absolute atomic E-state index is 14.3. The third kappa shape index (κ3) is 10.7. The number of halogens is 1. The lowest BCUT2D eigenvalue weighted by Crippen LogP contribution is -2.50. The van der Waals surface area contributed by atoms with E-state index in [1.54, 1.807) is 57.0 Å². The largest absolute Gasteiger partial charge is 0.460 e. The van der Waals surface area contributed by atoms with E-state index in [9.17, 15) is 23.6 Å². The van der Waals surface area contributed by atoms with Crippen LogP contribution in [0.25, 0.3) is 11.0 Å². The van der Waals surface area contributed by atoms with Crippen LogP contribution in [0, 0.1) is 23.7 Å². The molecule has 2 aromatic rings. The smallest absolute Gasteiger partial charge is 0.407 e. The summed E-state index contributed by atoms with van der Waals surface area (Å²) in [4.78, 5) is 55.3. The minimum atomic E-state index is -0.709.